The van der Waals surface area contributed by atoms with Crippen molar-refractivity contribution in [1.29, 1.82) is 0 Å². The Bertz CT molecular complexity index is 925. The minimum absolute atomic E-state index is 0.513. The summed E-state index contributed by atoms with van der Waals surface area (Å²) >= 11 is 11.4. The number of hydrogen-bond donors (Lipinski definition) is 0. The first-order chi connectivity index (χ1) is 12.1. The van der Waals surface area contributed by atoms with Crippen molar-refractivity contribution in [1.82, 2.24) is 24.2 Å². The molecular formula is C17H18ClN5OS. The summed E-state index contributed by atoms with van der Waals surface area (Å²) in [6, 6.07) is 7.93. The molecule has 0 saturated heterocycles. The van der Waals surface area contributed by atoms with Crippen molar-refractivity contribution in [2.45, 2.75) is 32.1 Å². The molecule has 2 heterocycles. The van der Waals surface area contributed by atoms with Crippen molar-refractivity contribution < 1.29 is 4.42 Å². The van der Waals surface area contributed by atoms with Gasteiger partial charge in [-0.1, -0.05) is 11.6 Å². The van der Waals surface area contributed by atoms with Gasteiger partial charge in [-0.05, 0) is 49.3 Å². The molecule has 0 bridgehead atoms. The van der Waals surface area contributed by atoms with Gasteiger partial charge in [0.25, 0.3) is 0 Å². The summed E-state index contributed by atoms with van der Waals surface area (Å²) in [4.78, 5) is 2.33. The highest BCUT2D eigenvalue weighted by atomic mass is 35.5. The maximum atomic E-state index is 5.92. The molecule has 3 aromatic rings. The molecule has 1 aromatic carbocycles. The molecule has 6 nitrogen and oxygen atoms in total. The third-order valence-electron chi connectivity index (χ3n) is 4.31. The molecule has 1 aliphatic rings. The number of rotatable bonds is 6. The lowest BCUT2D eigenvalue weighted by molar-refractivity contribution is 0.179. The molecule has 1 fully saturated rings. The number of halogens is 1. The van der Waals surface area contributed by atoms with E-state index in [1.807, 2.05) is 48.3 Å². The fourth-order valence-corrected chi connectivity index (χ4v) is 3.05. The van der Waals surface area contributed by atoms with Crippen molar-refractivity contribution in [3.63, 3.8) is 0 Å². The van der Waals surface area contributed by atoms with Gasteiger partial charge in [-0.15, -0.1) is 10.2 Å². The summed E-state index contributed by atoms with van der Waals surface area (Å²) in [7, 11) is 1.96. The number of imidazole rings is 1. The molecule has 0 radical (unpaired) electrons. The van der Waals surface area contributed by atoms with E-state index >= 15 is 0 Å². The lowest BCUT2D eigenvalue weighted by Crippen LogP contribution is -2.28. The zero-order valence-electron chi connectivity index (χ0n) is 13.8. The van der Waals surface area contributed by atoms with Crippen LogP contribution in [0.25, 0.3) is 11.5 Å². The average molecular weight is 376 g/mol. The summed E-state index contributed by atoms with van der Waals surface area (Å²) < 4.78 is 10.6. The average Bonchev–Trinajstić information content (AvgIpc) is 3.28. The highest BCUT2D eigenvalue weighted by molar-refractivity contribution is 7.71. The standard InChI is InChI=1S/C17H18ClN5OS/c1-21-8-9-22(17(21)25)11-23(14-6-7-14)10-15-19-20-16(24-15)12-2-4-13(18)5-3-12/h2-5,8-9,14H,6-7,10-11H2,1H3. The van der Waals surface area contributed by atoms with Crippen LogP contribution < -0.4 is 0 Å². The fourth-order valence-electron chi connectivity index (χ4n) is 2.75. The van der Waals surface area contributed by atoms with Crippen LogP contribution in [0.3, 0.4) is 0 Å². The fraction of sp³-hybridized carbons (Fsp3) is 0.353. The van der Waals surface area contributed by atoms with Crippen LogP contribution in [0.15, 0.2) is 41.1 Å². The van der Waals surface area contributed by atoms with Gasteiger partial charge in [0, 0.05) is 36.1 Å². The molecule has 0 amide bonds. The molecule has 0 spiro atoms. The quantitative estimate of drug-likeness (QED) is 0.612. The number of aromatic nitrogens is 4. The first-order valence-electron chi connectivity index (χ1n) is 8.14. The second kappa shape index (κ2) is 6.74. The van der Waals surface area contributed by atoms with Crippen LogP contribution in [-0.4, -0.2) is 30.3 Å². The third-order valence-corrected chi connectivity index (χ3v) is 5.09. The zero-order chi connectivity index (χ0) is 17.4. The Kier molecular flexibility index (Phi) is 4.45. The molecule has 0 N–H and O–H groups in total. The largest absolute Gasteiger partial charge is 0.419 e. The smallest absolute Gasteiger partial charge is 0.247 e. The first-order valence-corrected chi connectivity index (χ1v) is 8.93. The second-order valence-corrected chi connectivity index (χ2v) is 7.09. The van der Waals surface area contributed by atoms with Gasteiger partial charge in [-0.2, -0.15) is 0 Å². The molecule has 0 aliphatic heterocycles. The summed E-state index contributed by atoms with van der Waals surface area (Å²) in [6.45, 7) is 1.34. The zero-order valence-corrected chi connectivity index (χ0v) is 15.4. The summed E-state index contributed by atoms with van der Waals surface area (Å²) in [5.74, 6) is 1.12. The predicted octanol–water partition coefficient (Wildman–Crippen LogP) is 3.88. The van der Waals surface area contributed by atoms with Crippen LogP contribution in [0.1, 0.15) is 18.7 Å². The third kappa shape index (κ3) is 3.68. The molecule has 8 heteroatoms. The van der Waals surface area contributed by atoms with E-state index < -0.39 is 0 Å². The van der Waals surface area contributed by atoms with Crippen LogP contribution in [0.2, 0.25) is 5.02 Å². The molecule has 2 aromatic heterocycles. The normalized spacial score (nSPS) is 14.4. The Balaban J connectivity index is 1.50. The SMILES string of the molecule is Cn1ccn(CN(Cc2nnc(-c3ccc(Cl)cc3)o2)C2CC2)c1=S. The van der Waals surface area contributed by atoms with Crippen molar-refractivity contribution in [2.75, 3.05) is 0 Å². The van der Waals surface area contributed by atoms with Crippen molar-refractivity contribution in [2.24, 2.45) is 7.05 Å². The van der Waals surface area contributed by atoms with Gasteiger partial charge >= 0.3 is 0 Å². The van der Waals surface area contributed by atoms with Crippen LogP contribution in [0, 0.1) is 4.77 Å². The van der Waals surface area contributed by atoms with E-state index in [0.29, 0.717) is 29.4 Å². The van der Waals surface area contributed by atoms with Crippen LogP contribution >= 0.6 is 23.8 Å². The number of hydrogen-bond acceptors (Lipinski definition) is 5. The van der Waals surface area contributed by atoms with Crippen LogP contribution in [-0.2, 0) is 20.3 Å². The van der Waals surface area contributed by atoms with Crippen molar-refractivity contribution >= 4 is 23.8 Å². The summed E-state index contributed by atoms with van der Waals surface area (Å²) in [5.41, 5.74) is 0.867. The lowest BCUT2D eigenvalue weighted by atomic mass is 10.2. The van der Waals surface area contributed by atoms with Crippen molar-refractivity contribution in [3.05, 3.63) is 52.3 Å². The second-order valence-electron chi connectivity index (χ2n) is 6.29. The Morgan fingerprint density at radius 3 is 2.64 bits per heavy atom. The monoisotopic (exact) mass is 375 g/mol. The minimum Gasteiger partial charge on any atom is -0.419 e. The van der Waals surface area contributed by atoms with E-state index in [1.54, 1.807) is 0 Å². The van der Waals surface area contributed by atoms with E-state index in [4.69, 9.17) is 28.2 Å². The minimum atomic E-state index is 0.513. The van der Waals surface area contributed by atoms with E-state index in [0.717, 1.165) is 17.0 Å². The number of aryl methyl sites for hydroxylation is 1. The van der Waals surface area contributed by atoms with E-state index in [9.17, 15) is 0 Å². The summed E-state index contributed by atoms with van der Waals surface area (Å²) in [6.07, 6.45) is 6.36. The van der Waals surface area contributed by atoms with Gasteiger partial charge in [0.1, 0.15) is 0 Å². The molecular weight excluding hydrogens is 358 g/mol. The molecule has 1 saturated carbocycles. The van der Waals surface area contributed by atoms with Gasteiger partial charge in [-0.3, -0.25) is 4.90 Å². The van der Waals surface area contributed by atoms with E-state index in [1.165, 1.54) is 12.8 Å². The number of nitrogens with zero attached hydrogens (tertiary/aromatic N) is 5. The first kappa shape index (κ1) is 16.5. The Labute approximate surface area is 155 Å². The lowest BCUT2D eigenvalue weighted by Gasteiger charge is -2.20. The highest BCUT2D eigenvalue weighted by Gasteiger charge is 2.30. The Morgan fingerprint density at radius 2 is 2.00 bits per heavy atom. The van der Waals surface area contributed by atoms with Crippen LogP contribution in [0.5, 0.6) is 0 Å². The van der Waals surface area contributed by atoms with E-state index in [2.05, 4.69) is 19.7 Å². The number of benzene rings is 1. The van der Waals surface area contributed by atoms with E-state index in [-0.39, 0.29) is 0 Å². The maximum absolute atomic E-state index is 5.92. The van der Waals surface area contributed by atoms with Crippen molar-refractivity contribution in [3.8, 4) is 11.5 Å². The molecule has 0 atom stereocenters. The molecule has 130 valence electrons. The Morgan fingerprint density at radius 1 is 1.24 bits per heavy atom. The van der Waals surface area contributed by atoms with Crippen LogP contribution in [0.4, 0.5) is 0 Å². The summed E-state index contributed by atoms with van der Waals surface area (Å²) in [5, 5.41) is 9.05. The maximum Gasteiger partial charge on any atom is 0.247 e. The van der Waals surface area contributed by atoms with Gasteiger partial charge < -0.3 is 13.6 Å². The highest BCUT2D eigenvalue weighted by Crippen LogP contribution is 2.29. The topological polar surface area (TPSA) is 52.0 Å². The predicted molar refractivity (Wildman–Crippen MR) is 97.5 cm³/mol. The molecule has 4 rings (SSSR count). The Hall–Kier alpha value is -1.96. The van der Waals surface area contributed by atoms with Gasteiger partial charge in [-0.25, -0.2) is 0 Å². The molecule has 1 aliphatic carbocycles. The van der Waals surface area contributed by atoms with Gasteiger partial charge in [0.05, 0.1) is 13.2 Å². The molecule has 25 heavy (non-hydrogen) atoms. The van der Waals surface area contributed by atoms with Gasteiger partial charge in [0.2, 0.25) is 11.8 Å². The van der Waals surface area contributed by atoms with Gasteiger partial charge in [0.15, 0.2) is 4.77 Å². The molecule has 0 unspecified atom stereocenters.